The van der Waals surface area contributed by atoms with Crippen molar-refractivity contribution in [2.45, 2.75) is 32.1 Å². The maximum absolute atomic E-state index is 11.0. The topological polar surface area (TPSA) is 46.5 Å². The summed E-state index contributed by atoms with van der Waals surface area (Å²) in [5, 5.41) is 9.58. The molecule has 4 heteroatoms. The summed E-state index contributed by atoms with van der Waals surface area (Å²) in [6.07, 6.45) is 2.31. The Labute approximate surface area is 112 Å². The van der Waals surface area contributed by atoms with E-state index < -0.39 is 5.97 Å². The molecule has 0 spiro atoms. The average Bonchev–Trinajstić information content (AvgIpc) is 3.11. The number of benzene rings is 1. The number of hydrogen-bond donors (Lipinski definition) is 1. The van der Waals surface area contributed by atoms with Gasteiger partial charge in [-0.25, -0.2) is 0 Å². The van der Waals surface area contributed by atoms with E-state index >= 15 is 0 Å². The van der Waals surface area contributed by atoms with E-state index in [0.717, 1.165) is 24.0 Å². The summed E-state index contributed by atoms with van der Waals surface area (Å²) in [5.41, 5.74) is 1.88. The largest absolute Gasteiger partial charge is 0.495 e. The highest BCUT2D eigenvalue weighted by Crippen LogP contribution is 2.48. The van der Waals surface area contributed by atoms with E-state index in [0.29, 0.717) is 16.7 Å². The minimum atomic E-state index is -0.775. The molecule has 0 amide bonds. The van der Waals surface area contributed by atoms with Gasteiger partial charge >= 0.3 is 5.97 Å². The third-order valence-electron chi connectivity index (χ3n) is 3.51. The van der Waals surface area contributed by atoms with Crippen LogP contribution in [0.3, 0.4) is 0 Å². The van der Waals surface area contributed by atoms with Gasteiger partial charge in [0.1, 0.15) is 5.75 Å². The van der Waals surface area contributed by atoms with Crippen molar-refractivity contribution in [3.63, 3.8) is 0 Å². The molecule has 0 aromatic heterocycles. The molecule has 1 unspecified atom stereocenters. The lowest BCUT2D eigenvalue weighted by Crippen LogP contribution is -2.09. The molecule has 0 bridgehead atoms. The summed E-state index contributed by atoms with van der Waals surface area (Å²) < 4.78 is 5.29. The van der Waals surface area contributed by atoms with Crippen molar-refractivity contribution < 1.29 is 14.6 Å². The van der Waals surface area contributed by atoms with Crippen LogP contribution in [-0.4, -0.2) is 18.2 Å². The first-order valence-electron chi connectivity index (χ1n) is 6.09. The zero-order valence-electron chi connectivity index (χ0n) is 10.6. The molecule has 0 saturated heterocycles. The molecule has 1 aromatic carbocycles. The molecule has 0 aliphatic heterocycles. The minimum Gasteiger partial charge on any atom is -0.495 e. The number of carbonyl (C=O) groups is 1. The first-order chi connectivity index (χ1) is 8.54. The van der Waals surface area contributed by atoms with E-state index in [1.807, 2.05) is 19.1 Å². The Hall–Kier alpha value is -1.22. The number of hydrogen-bond acceptors (Lipinski definition) is 2. The van der Waals surface area contributed by atoms with Crippen molar-refractivity contribution in [2.75, 3.05) is 7.11 Å². The Bertz CT molecular complexity index is 466. The molecule has 18 heavy (non-hydrogen) atoms. The number of ether oxygens (including phenoxy) is 1. The molecule has 98 valence electrons. The summed E-state index contributed by atoms with van der Waals surface area (Å²) in [7, 11) is 1.58. The summed E-state index contributed by atoms with van der Waals surface area (Å²) in [5.74, 6) is 0.336. The van der Waals surface area contributed by atoms with Crippen LogP contribution in [0.2, 0.25) is 5.02 Å². The molecule has 1 aliphatic rings. The van der Waals surface area contributed by atoms with Crippen molar-refractivity contribution >= 4 is 17.6 Å². The summed E-state index contributed by atoms with van der Waals surface area (Å²) in [6, 6.07) is 3.88. The molecule has 0 heterocycles. The zero-order valence-corrected chi connectivity index (χ0v) is 11.3. The molecular weight excluding hydrogens is 252 g/mol. The Morgan fingerprint density at radius 3 is 2.72 bits per heavy atom. The van der Waals surface area contributed by atoms with Crippen molar-refractivity contribution in [3.05, 3.63) is 28.3 Å². The van der Waals surface area contributed by atoms with E-state index in [2.05, 4.69) is 0 Å². The van der Waals surface area contributed by atoms with Gasteiger partial charge in [0.25, 0.3) is 0 Å². The standard InChI is InChI=1S/C14H17ClO3/c1-8-3-6-10(13(15)14(8)18-2)11(7-12(16)17)9-4-5-9/h3,6,9,11H,4-5,7H2,1-2H3,(H,16,17). The van der Waals surface area contributed by atoms with Crippen LogP contribution in [0.1, 0.15) is 36.3 Å². The number of carboxylic acid groups (broad SMARTS) is 1. The van der Waals surface area contributed by atoms with Crippen LogP contribution >= 0.6 is 11.6 Å². The summed E-state index contributed by atoms with van der Waals surface area (Å²) >= 11 is 6.35. The lowest BCUT2D eigenvalue weighted by atomic mass is 9.90. The maximum Gasteiger partial charge on any atom is 0.303 e. The van der Waals surface area contributed by atoms with Crippen LogP contribution in [0.4, 0.5) is 0 Å². The smallest absolute Gasteiger partial charge is 0.303 e. The number of methoxy groups -OCH3 is 1. The SMILES string of the molecule is COc1c(C)ccc(C(CC(=O)O)C2CC2)c1Cl. The lowest BCUT2D eigenvalue weighted by molar-refractivity contribution is -0.137. The molecular formula is C14H17ClO3. The molecule has 1 aliphatic carbocycles. The van der Waals surface area contributed by atoms with Crippen LogP contribution < -0.4 is 4.74 Å². The van der Waals surface area contributed by atoms with Gasteiger partial charge in [0.05, 0.1) is 18.6 Å². The van der Waals surface area contributed by atoms with Gasteiger partial charge in [-0.1, -0.05) is 23.7 Å². The van der Waals surface area contributed by atoms with Crippen molar-refractivity contribution in [1.29, 1.82) is 0 Å². The Morgan fingerprint density at radius 1 is 1.56 bits per heavy atom. The molecule has 0 radical (unpaired) electrons. The quantitative estimate of drug-likeness (QED) is 0.887. The van der Waals surface area contributed by atoms with Gasteiger partial charge in [0.2, 0.25) is 0 Å². The average molecular weight is 269 g/mol. The molecule has 2 rings (SSSR count). The normalized spacial score (nSPS) is 16.4. The Morgan fingerprint density at radius 2 is 2.22 bits per heavy atom. The second-order valence-electron chi connectivity index (χ2n) is 4.86. The fourth-order valence-corrected chi connectivity index (χ4v) is 2.85. The van der Waals surface area contributed by atoms with Crippen LogP contribution in [-0.2, 0) is 4.79 Å². The fourth-order valence-electron chi connectivity index (χ4n) is 2.42. The van der Waals surface area contributed by atoms with E-state index in [-0.39, 0.29) is 12.3 Å². The highest BCUT2D eigenvalue weighted by Gasteiger charge is 2.35. The predicted molar refractivity (Wildman–Crippen MR) is 70.5 cm³/mol. The fraction of sp³-hybridized carbons (Fsp3) is 0.500. The Balaban J connectivity index is 2.38. The molecule has 1 N–H and O–H groups in total. The van der Waals surface area contributed by atoms with Crippen molar-refractivity contribution in [1.82, 2.24) is 0 Å². The highest BCUT2D eigenvalue weighted by atomic mass is 35.5. The van der Waals surface area contributed by atoms with Crippen LogP contribution in [0.25, 0.3) is 0 Å². The van der Waals surface area contributed by atoms with Gasteiger partial charge < -0.3 is 9.84 Å². The summed E-state index contributed by atoms with van der Waals surface area (Å²) in [6.45, 7) is 1.93. The van der Waals surface area contributed by atoms with E-state index in [4.69, 9.17) is 21.4 Å². The number of carboxylic acids is 1. The second-order valence-corrected chi connectivity index (χ2v) is 5.24. The van der Waals surface area contributed by atoms with Gasteiger partial charge in [-0.05, 0) is 42.7 Å². The first-order valence-corrected chi connectivity index (χ1v) is 6.47. The highest BCUT2D eigenvalue weighted by molar-refractivity contribution is 6.33. The number of halogens is 1. The minimum absolute atomic E-state index is 0.00417. The van der Waals surface area contributed by atoms with Crippen LogP contribution in [0.15, 0.2) is 12.1 Å². The van der Waals surface area contributed by atoms with E-state index in [1.54, 1.807) is 7.11 Å². The van der Waals surface area contributed by atoms with Gasteiger partial charge in [-0.15, -0.1) is 0 Å². The first kappa shape index (κ1) is 13.2. The zero-order chi connectivity index (χ0) is 13.3. The molecule has 1 atom stereocenters. The van der Waals surface area contributed by atoms with Crippen LogP contribution in [0, 0.1) is 12.8 Å². The van der Waals surface area contributed by atoms with E-state index in [9.17, 15) is 4.79 Å². The number of aliphatic carboxylic acids is 1. The van der Waals surface area contributed by atoms with Gasteiger partial charge in [-0.3, -0.25) is 4.79 Å². The third-order valence-corrected chi connectivity index (χ3v) is 3.90. The lowest BCUT2D eigenvalue weighted by Gasteiger charge is -2.18. The number of aryl methyl sites for hydroxylation is 1. The third kappa shape index (κ3) is 2.61. The molecule has 1 aromatic rings. The predicted octanol–water partition coefficient (Wildman–Crippen LogP) is 3.63. The van der Waals surface area contributed by atoms with Crippen molar-refractivity contribution in [3.8, 4) is 5.75 Å². The van der Waals surface area contributed by atoms with Gasteiger partial charge in [0.15, 0.2) is 0 Å². The van der Waals surface area contributed by atoms with Gasteiger partial charge in [-0.2, -0.15) is 0 Å². The Kier molecular flexibility index (Phi) is 3.81. The second kappa shape index (κ2) is 5.19. The van der Waals surface area contributed by atoms with Crippen molar-refractivity contribution in [2.24, 2.45) is 5.92 Å². The van der Waals surface area contributed by atoms with Crippen LogP contribution in [0.5, 0.6) is 5.75 Å². The molecule has 1 fully saturated rings. The number of rotatable bonds is 5. The monoisotopic (exact) mass is 268 g/mol. The maximum atomic E-state index is 11.0. The molecule has 3 nitrogen and oxygen atoms in total. The summed E-state index contributed by atoms with van der Waals surface area (Å²) in [4.78, 5) is 11.0. The molecule has 1 saturated carbocycles. The van der Waals surface area contributed by atoms with E-state index in [1.165, 1.54) is 0 Å². The van der Waals surface area contributed by atoms with Gasteiger partial charge in [0, 0.05) is 0 Å².